The van der Waals surface area contributed by atoms with Gasteiger partial charge in [0.2, 0.25) is 5.91 Å². The summed E-state index contributed by atoms with van der Waals surface area (Å²) in [7, 11) is 1.57. The third kappa shape index (κ3) is 3.65. The van der Waals surface area contributed by atoms with Gasteiger partial charge in [0.1, 0.15) is 5.82 Å². The lowest BCUT2D eigenvalue weighted by Crippen LogP contribution is -2.51. The Hall–Kier alpha value is -3.35. The molecule has 7 heteroatoms. The molecule has 5 rings (SSSR count). The van der Waals surface area contributed by atoms with Gasteiger partial charge in [-0.15, -0.1) is 0 Å². The standard InChI is InChI=1S/C24H23FN2O4/c1-30-20-4-2-3-16-13-21(31-22(16)20)24(29)27-11-9-26(10-12-27)23(28)19-14-18(19)15-5-7-17(25)8-6-15/h2-8,13,18-19H,9-12,14H2,1H3/t18-,19-/m0/s1. The molecule has 0 unspecified atom stereocenters. The molecule has 1 aliphatic carbocycles. The number of amides is 2. The molecule has 0 radical (unpaired) electrons. The van der Waals surface area contributed by atoms with E-state index in [4.69, 9.17) is 9.15 Å². The van der Waals surface area contributed by atoms with E-state index in [2.05, 4.69) is 0 Å². The molecule has 31 heavy (non-hydrogen) atoms. The maximum absolute atomic E-state index is 13.1. The zero-order valence-electron chi connectivity index (χ0n) is 17.2. The lowest BCUT2D eigenvalue weighted by atomic mass is 10.1. The Balaban J connectivity index is 1.20. The fraction of sp³-hybridized carbons (Fsp3) is 0.333. The fourth-order valence-electron chi connectivity index (χ4n) is 4.37. The minimum atomic E-state index is -0.268. The van der Waals surface area contributed by atoms with Gasteiger partial charge in [0.05, 0.1) is 7.11 Å². The molecule has 2 atom stereocenters. The predicted octanol–water partition coefficient (Wildman–Crippen LogP) is 3.67. The molecule has 2 heterocycles. The number of hydrogen-bond donors (Lipinski definition) is 0. The predicted molar refractivity (Wildman–Crippen MR) is 112 cm³/mol. The van der Waals surface area contributed by atoms with Crippen LogP contribution in [0, 0.1) is 11.7 Å². The van der Waals surface area contributed by atoms with E-state index >= 15 is 0 Å². The number of carbonyl (C=O) groups excluding carboxylic acids is 2. The molecule has 0 bridgehead atoms. The third-order valence-electron chi connectivity index (χ3n) is 6.22. The second-order valence-electron chi connectivity index (χ2n) is 8.11. The van der Waals surface area contributed by atoms with Crippen molar-refractivity contribution in [1.29, 1.82) is 0 Å². The summed E-state index contributed by atoms with van der Waals surface area (Å²) in [6, 6.07) is 13.6. The van der Waals surface area contributed by atoms with E-state index < -0.39 is 0 Å². The van der Waals surface area contributed by atoms with Crippen molar-refractivity contribution in [3.05, 3.63) is 65.7 Å². The number of nitrogens with zero attached hydrogens (tertiary/aromatic N) is 2. The molecule has 0 N–H and O–H groups in total. The molecule has 2 aromatic carbocycles. The van der Waals surface area contributed by atoms with Crippen molar-refractivity contribution >= 4 is 22.8 Å². The average molecular weight is 422 g/mol. The van der Waals surface area contributed by atoms with Crippen molar-refractivity contribution in [3.63, 3.8) is 0 Å². The number of methoxy groups -OCH3 is 1. The summed E-state index contributed by atoms with van der Waals surface area (Å²) in [6.45, 7) is 1.93. The van der Waals surface area contributed by atoms with Crippen molar-refractivity contribution in [2.75, 3.05) is 33.3 Å². The lowest BCUT2D eigenvalue weighted by molar-refractivity contribution is -0.134. The van der Waals surface area contributed by atoms with Crippen LogP contribution in [-0.4, -0.2) is 54.9 Å². The summed E-state index contributed by atoms with van der Waals surface area (Å²) in [6.07, 6.45) is 0.796. The number of ether oxygens (including phenoxy) is 1. The van der Waals surface area contributed by atoms with Gasteiger partial charge in [0.25, 0.3) is 5.91 Å². The Labute approximate surface area is 179 Å². The summed E-state index contributed by atoms with van der Waals surface area (Å²) in [5.41, 5.74) is 1.57. The van der Waals surface area contributed by atoms with Crippen LogP contribution in [0.2, 0.25) is 0 Å². The summed E-state index contributed by atoms with van der Waals surface area (Å²) in [5, 5.41) is 0.817. The Kier molecular flexibility index (Phi) is 4.88. The van der Waals surface area contributed by atoms with Crippen LogP contribution in [0.3, 0.4) is 0 Å². The van der Waals surface area contributed by atoms with Crippen LogP contribution < -0.4 is 4.74 Å². The average Bonchev–Trinajstić information content (AvgIpc) is 3.48. The molecule has 0 spiro atoms. The molecular formula is C24H23FN2O4. The summed E-state index contributed by atoms with van der Waals surface area (Å²) >= 11 is 0. The number of hydrogen-bond acceptors (Lipinski definition) is 4. The Morgan fingerprint density at radius 1 is 1.03 bits per heavy atom. The topological polar surface area (TPSA) is 63.0 Å². The van der Waals surface area contributed by atoms with Gasteiger partial charge in [-0.1, -0.05) is 24.3 Å². The molecule has 1 saturated heterocycles. The van der Waals surface area contributed by atoms with Gasteiger partial charge in [-0.3, -0.25) is 9.59 Å². The van der Waals surface area contributed by atoms with E-state index in [1.807, 2.05) is 17.0 Å². The van der Waals surface area contributed by atoms with Crippen LogP contribution in [0.25, 0.3) is 11.0 Å². The molecule has 160 valence electrons. The van der Waals surface area contributed by atoms with Gasteiger partial charge in [0, 0.05) is 37.5 Å². The smallest absolute Gasteiger partial charge is 0.289 e. The van der Waals surface area contributed by atoms with Crippen LogP contribution in [0.4, 0.5) is 4.39 Å². The Morgan fingerprint density at radius 2 is 1.74 bits per heavy atom. The number of fused-ring (bicyclic) bond motifs is 1. The second-order valence-corrected chi connectivity index (χ2v) is 8.11. The first-order chi connectivity index (χ1) is 15.0. The zero-order chi connectivity index (χ0) is 21.5. The maximum Gasteiger partial charge on any atom is 0.289 e. The molecule has 1 aliphatic heterocycles. The van der Waals surface area contributed by atoms with Crippen molar-refractivity contribution in [2.24, 2.45) is 5.92 Å². The number of rotatable bonds is 4. The molecule has 1 aromatic heterocycles. The first kappa shape index (κ1) is 19.6. The minimum Gasteiger partial charge on any atom is -0.493 e. The molecule has 1 saturated carbocycles. The Morgan fingerprint density at radius 3 is 2.45 bits per heavy atom. The van der Waals surface area contributed by atoms with Gasteiger partial charge < -0.3 is 19.0 Å². The van der Waals surface area contributed by atoms with E-state index in [0.29, 0.717) is 37.5 Å². The maximum atomic E-state index is 13.1. The zero-order valence-corrected chi connectivity index (χ0v) is 17.2. The summed E-state index contributed by atoms with van der Waals surface area (Å²) in [5.74, 6) is 0.658. The number of carbonyl (C=O) groups is 2. The number of para-hydroxylation sites is 1. The van der Waals surface area contributed by atoms with Gasteiger partial charge in [-0.2, -0.15) is 0 Å². The van der Waals surface area contributed by atoms with E-state index in [1.165, 1.54) is 12.1 Å². The SMILES string of the molecule is COc1cccc2cc(C(=O)N3CCN(C(=O)[C@H]4C[C@H]4c4ccc(F)cc4)CC3)oc12. The van der Waals surface area contributed by atoms with Crippen molar-refractivity contribution in [1.82, 2.24) is 9.80 Å². The monoisotopic (exact) mass is 422 g/mol. The highest BCUT2D eigenvalue weighted by atomic mass is 19.1. The van der Waals surface area contributed by atoms with Crippen LogP contribution >= 0.6 is 0 Å². The molecule has 2 fully saturated rings. The van der Waals surface area contributed by atoms with E-state index in [9.17, 15) is 14.0 Å². The van der Waals surface area contributed by atoms with E-state index in [0.717, 1.165) is 17.4 Å². The quantitative estimate of drug-likeness (QED) is 0.644. The summed E-state index contributed by atoms with van der Waals surface area (Å²) in [4.78, 5) is 29.3. The summed E-state index contributed by atoms with van der Waals surface area (Å²) < 4.78 is 24.2. The van der Waals surface area contributed by atoms with Crippen molar-refractivity contribution in [2.45, 2.75) is 12.3 Å². The van der Waals surface area contributed by atoms with Crippen LogP contribution in [-0.2, 0) is 4.79 Å². The molecule has 2 amide bonds. The van der Waals surface area contributed by atoms with Crippen molar-refractivity contribution in [3.8, 4) is 5.75 Å². The largest absolute Gasteiger partial charge is 0.493 e. The third-order valence-corrected chi connectivity index (χ3v) is 6.22. The van der Waals surface area contributed by atoms with E-state index in [1.54, 1.807) is 36.3 Å². The molecule has 2 aliphatic rings. The highest BCUT2D eigenvalue weighted by Crippen LogP contribution is 2.48. The number of benzene rings is 2. The fourth-order valence-corrected chi connectivity index (χ4v) is 4.37. The Bertz CT molecular complexity index is 1130. The first-order valence-corrected chi connectivity index (χ1v) is 10.4. The van der Waals surface area contributed by atoms with Gasteiger partial charge in [-0.05, 0) is 42.2 Å². The van der Waals surface area contributed by atoms with Crippen LogP contribution in [0.1, 0.15) is 28.5 Å². The number of furan rings is 1. The molecular weight excluding hydrogens is 399 g/mol. The normalized spacial score (nSPS) is 20.7. The highest BCUT2D eigenvalue weighted by Gasteiger charge is 2.46. The molecule has 3 aromatic rings. The number of piperazine rings is 1. The van der Waals surface area contributed by atoms with Gasteiger partial charge in [-0.25, -0.2) is 4.39 Å². The van der Waals surface area contributed by atoms with Gasteiger partial charge >= 0.3 is 0 Å². The van der Waals surface area contributed by atoms with Crippen molar-refractivity contribution < 1.29 is 23.1 Å². The lowest BCUT2D eigenvalue weighted by Gasteiger charge is -2.34. The second kappa shape index (κ2) is 7.72. The van der Waals surface area contributed by atoms with E-state index in [-0.39, 0.29) is 35.2 Å². The van der Waals surface area contributed by atoms with Gasteiger partial charge in [0.15, 0.2) is 17.1 Å². The first-order valence-electron chi connectivity index (χ1n) is 10.4. The minimum absolute atomic E-state index is 0.0458. The number of halogens is 1. The van der Waals surface area contributed by atoms with Crippen LogP contribution in [0.15, 0.2) is 52.9 Å². The molecule has 6 nitrogen and oxygen atoms in total. The van der Waals surface area contributed by atoms with Crippen LogP contribution in [0.5, 0.6) is 5.75 Å². The highest BCUT2D eigenvalue weighted by molar-refractivity contribution is 5.97.